The van der Waals surface area contributed by atoms with Crippen LogP contribution in [0.5, 0.6) is 0 Å². The molecule has 0 aromatic heterocycles. The van der Waals surface area contributed by atoms with Crippen LogP contribution in [0.2, 0.25) is 0 Å². The van der Waals surface area contributed by atoms with Crippen molar-refractivity contribution < 1.29 is 9.18 Å². The first-order valence-corrected chi connectivity index (χ1v) is 6.41. The fourth-order valence-corrected chi connectivity index (χ4v) is 2.53. The van der Waals surface area contributed by atoms with Crippen LogP contribution in [0.3, 0.4) is 0 Å². The molecule has 1 amide bonds. The Morgan fingerprint density at radius 3 is 2.83 bits per heavy atom. The van der Waals surface area contributed by atoms with Crippen LogP contribution in [-0.2, 0) is 4.79 Å². The molecular formula is C14H19FN2O. The lowest BCUT2D eigenvalue weighted by Crippen LogP contribution is -2.29. The van der Waals surface area contributed by atoms with Gasteiger partial charge in [0, 0.05) is 26.1 Å². The summed E-state index contributed by atoms with van der Waals surface area (Å²) in [5, 5.41) is 2.64. The van der Waals surface area contributed by atoms with E-state index in [9.17, 15) is 9.18 Å². The lowest BCUT2D eigenvalue weighted by molar-refractivity contribution is -0.121. The highest BCUT2D eigenvalue weighted by molar-refractivity contribution is 5.75. The number of nitrogens with one attached hydrogen (secondary N) is 1. The summed E-state index contributed by atoms with van der Waals surface area (Å²) in [4.78, 5) is 13.6. The van der Waals surface area contributed by atoms with Crippen molar-refractivity contribution in [2.75, 3.05) is 20.1 Å². The molecule has 0 radical (unpaired) electrons. The standard InChI is InChI=1S/C14H19FN2O/c1-16-14(18)8-10-17-9-2-3-13(17)11-4-6-12(15)7-5-11/h4-7,13H,2-3,8-10H2,1H3,(H,16,18)/t13-/m1/s1. The molecule has 1 atom stereocenters. The predicted octanol–water partition coefficient (Wildman–Crippen LogP) is 2.10. The van der Waals surface area contributed by atoms with E-state index in [1.165, 1.54) is 12.1 Å². The highest BCUT2D eigenvalue weighted by Gasteiger charge is 2.25. The van der Waals surface area contributed by atoms with Gasteiger partial charge in [-0.05, 0) is 37.1 Å². The van der Waals surface area contributed by atoms with Crippen LogP contribution < -0.4 is 5.32 Å². The normalized spacial score (nSPS) is 20.0. The third-order valence-electron chi connectivity index (χ3n) is 3.52. The number of hydrogen-bond donors (Lipinski definition) is 1. The van der Waals surface area contributed by atoms with Crippen LogP contribution in [0.1, 0.15) is 30.9 Å². The molecule has 18 heavy (non-hydrogen) atoms. The van der Waals surface area contributed by atoms with E-state index in [1.807, 2.05) is 12.1 Å². The van der Waals surface area contributed by atoms with Gasteiger partial charge < -0.3 is 5.32 Å². The Bertz CT molecular complexity index is 405. The molecular weight excluding hydrogens is 231 g/mol. The number of benzene rings is 1. The molecule has 1 aliphatic rings. The van der Waals surface area contributed by atoms with E-state index in [0.717, 1.165) is 31.5 Å². The SMILES string of the molecule is CNC(=O)CCN1CCC[C@@H]1c1ccc(F)cc1. The molecule has 0 spiro atoms. The molecule has 0 aliphatic carbocycles. The maximum atomic E-state index is 12.9. The summed E-state index contributed by atoms with van der Waals surface area (Å²) in [7, 11) is 1.66. The van der Waals surface area contributed by atoms with Crippen LogP contribution in [-0.4, -0.2) is 30.9 Å². The topological polar surface area (TPSA) is 32.3 Å². The second-order valence-corrected chi connectivity index (χ2v) is 4.67. The highest BCUT2D eigenvalue weighted by atomic mass is 19.1. The third-order valence-corrected chi connectivity index (χ3v) is 3.52. The van der Waals surface area contributed by atoms with Gasteiger partial charge in [-0.3, -0.25) is 9.69 Å². The van der Waals surface area contributed by atoms with Crippen LogP contribution in [0, 0.1) is 5.82 Å². The van der Waals surface area contributed by atoms with Crippen molar-refractivity contribution in [3.63, 3.8) is 0 Å². The Balaban J connectivity index is 1.98. The Morgan fingerprint density at radius 1 is 1.44 bits per heavy atom. The molecule has 1 fully saturated rings. The van der Waals surface area contributed by atoms with E-state index in [1.54, 1.807) is 7.05 Å². The fraction of sp³-hybridized carbons (Fsp3) is 0.500. The minimum atomic E-state index is -0.200. The molecule has 98 valence electrons. The summed E-state index contributed by atoms with van der Waals surface area (Å²) < 4.78 is 12.9. The molecule has 1 aliphatic heterocycles. The van der Waals surface area contributed by atoms with Crippen molar-refractivity contribution in [1.82, 2.24) is 10.2 Å². The van der Waals surface area contributed by atoms with Gasteiger partial charge in [-0.2, -0.15) is 0 Å². The molecule has 1 aromatic rings. The van der Waals surface area contributed by atoms with E-state index in [0.29, 0.717) is 12.5 Å². The van der Waals surface area contributed by atoms with Crippen LogP contribution in [0.25, 0.3) is 0 Å². The first-order chi connectivity index (χ1) is 8.70. The summed E-state index contributed by atoms with van der Waals surface area (Å²) in [5.74, 6) is -0.131. The molecule has 2 rings (SSSR count). The van der Waals surface area contributed by atoms with E-state index < -0.39 is 0 Å². The summed E-state index contributed by atoms with van der Waals surface area (Å²) in [6.45, 7) is 1.78. The van der Waals surface area contributed by atoms with E-state index in [4.69, 9.17) is 0 Å². The number of nitrogens with zero attached hydrogens (tertiary/aromatic N) is 1. The summed E-state index contributed by atoms with van der Waals surface area (Å²) in [6, 6.07) is 7.03. The van der Waals surface area contributed by atoms with Crippen LogP contribution in [0.4, 0.5) is 4.39 Å². The number of amides is 1. The Kier molecular flexibility index (Phi) is 4.31. The van der Waals surface area contributed by atoms with Gasteiger partial charge in [0.15, 0.2) is 0 Å². The van der Waals surface area contributed by atoms with Crippen molar-refractivity contribution in [2.45, 2.75) is 25.3 Å². The molecule has 1 N–H and O–H groups in total. The Hall–Kier alpha value is -1.42. The zero-order valence-electron chi connectivity index (χ0n) is 10.7. The maximum Gasteiger partial charge on any atom is 0.221 e. The van der Waals surface area contributed by atoms with E-state index >= 15 is 0 Å². The number of carbonyl (C=O) groups excluding carboxylic acids is 1. The van der Waals surface area contributed by atoms with Crippen molar-refractivity contribution in [3.05, 3.63) is 35.6 Å². The number of rotatable bonds is 4. The molecule has 1 saturated heterocycles. The third kappa shape index (κ3) is 3.07. The van der Waals surface area contributed by atoms with Crippen LogP contribution in [0.15, 0.2) is 24.3 Å². The van der Waals surface area contributed by atoms with E-state index in [2.05, 4.69) is 10.2 Å². The average molecular weight is 250 g/mol. The van der Waals surface area contributed by atoms with Crippen molar-refractivity contribution in [1.29, 1.82) is 0 Å². The van der Waals surface area contributed by atoms with Crippen molar-refractivity contribution >= 4 is 5.91 Å². The Morgan fingerprint density at radius 2 is 2.17 bits per heavy atom. The van der Waals surface area contributed by atoms with Gasteiger partial charge >= 0.3 is 0 Å². The molecule has 0 unspecified atom stereocenters. The second kappa shape index (κ2) is 5.96. The largest absolute Gasteiger partial charge is 0.359 e. The van der Waals surface area contributed by atoms with Gasteiger partial charge in [-0.15, -0.1) is 0 Å². The predicted molar refractivity (Wildman–Crippen MR) is 68.6 cm³/mol. The summed E-state index contributed by atoms with van der Waals surface area (Å²) in [5.41, 5.74) is 1.14. The second-order valence-electron chi connectivity index (χ2n) is 4.67. The molecule has 1 aromatic carbocycles. The Labute approximate surface area is 107 Å². The first kappa shape index (κ1) is 13.0. The molecule has 0 saturated carbocycles. The van der Waals surface area contributed by atoms with Gasteiger partial charge in [0.1, 0.15) is 5.82 Å². The van der Waals surface area contributed by atoms with Gasteiger partial charge in [0.05, 0.1) is 0 Å². The molecule has 0 bridgehead atoms. The minimum absolute atomic E-state index is 0.0692. The van der Waals surface area contributed by atoms with E-state index in [-0.39, 0.29) is 11.7 Å². The minimum Gasteiger partial charge on any atom is -0.359 e. The number of hydrogen-bond acceptors (Lipinski definition) is 2. The molecule has 4 heteroatoms. The number of likely N-dealkylation sites (tertiary alicyclic amines) is 1. The fourth-order valence-electron chi connectivity index (χ4n) is 2.53. The summed E-state index contributed by atoms with van der Waals surface area (Å²) >= 11 is 0. The molecule has 3 nitrogen and oxygen atoms in total. The quantitative estimate of drug-likeness (QED) is 0.887. The van der Waals surface area contributed by atoms with Gasteiger partial charge in [-0.25, -0.2) is 4.39 Å². The van der Waals surface area contributed by atoms with Crippen LogP contribution >= 0.6 is 0 Å². The van der Waals surface area contributed by atoms with Gasteiger partial charge in [-0.1, -0.05) is 12.1 Å². The van der Waals surface area contributed by atoms with Crippen molar-refractivity contribution in [2.24, 2.45) is 0 Å². The molecule has 1 heterocycles. The van der Waals surface area contributed by atoms with Crippen molar-refractivity contribution in [3.8, 4) is 0 Å². The highest BCUT2D eigenvalue weighted by Crippen LogP contribution is 2.31. The maximum absolute atomic E-state index is 12.9. The van der Waals surface area contributed by atoms with Gasteiger partial charge in [0.2, 0.25) is 5.91 Å². The average Bonchev–Trinajstić information content (AvgIpc) is 2.85. The lowest BCUT2D eigenvalue weighted by atomic mass is 10.0. The lowest BCUT2D eigenvalue weighted by Gasteiger charge is -2.24. The summed E-state index contributed by atoms with van der Waals surface area (Å²) in [6.07, 6.45) is 2.74. The number of carbonyl (C=O) groups is 1. The monoisotopic (exact) mass is 250 g/mol. The van der Waals surface area contributed by atoms with Gasteiger partial charge in [0.25, 0.3) is 0 Å². The smallest absolute Gasteiger partial charge is 0.221 e. The number of halogens is 1. The first-order valence-electron chi connectivity index (χ1n) is 6.41. The zero-order chi connectivity index (χ0) is 13.0. The zero-order valence-corrected chi connectivity index (χ0v) is 10.7.